The molecule has 0 aromatic rings. The molecule has 0 fully saturated rings. The van der Waals surface area contributed by atoms with Gasteiger partial charge >= 0.3 is 0 Å². The predicted octanol–water partition coefficient (Wildman–Crippen LogP) is 1.97. The molecule has 0 bridgehead atoms. The molecule has 0 saturated carbocycles. The standard InChI is InChI=1S/C9H16O/c1-6-4-5-9(7(6)2)8(3)10/h4,7-10H,5H2,1-3H3. The van der Waals surface area contributed by atoms with Crippen molar-refractivity contribution in [1.82, 2.24) is 0 Å². The molecule has 10 heavy (non-hydrogen) atoms. The van der Waals surface area contributed by atoms with Gasteiger partial charge in [0.05, 0.1) is 6.10 Å². The maximum Gasteiger partial charge on any atom is 0.0548 e. The Morgan fingerprint density at radius 2 is 2.30 bits per heavy atom. The van der Waals surface area contributed by atoms with E-state index < -0.39 is 0 Å². The molecule has 1 heteroatoms. The van der Waals surface area contributed by atoms with Crippen molar-refractivity contribution in [1.29, 1.82) is 0 Å². The quantitative estimate of drug-likeness (QED) is 0.552. The molecule has 58 valence electrons. The zero-order valence-electron chi connectivity index (χ0n) is 6.96. The van der Waals surface area contributed by atoms with E-state index in [2.05, 4.69) is 19.9 Å². The van der Waals surface area contributed by atoms with Crippen molar-refractivity contribution in [3.63, 3.8) is 0 Å². The van der Waals surface area contributed by atoms with Crippen LogP contribution in [0.3, 0.4) is 0 Å². The molecule has 0 heterocycles. The Balaban J connectivity index is 2.56. The fourth-order valence-electron chi connectivity index (χ4n) is 1.66. The molecule has 0 aliphatic heterocycles. The van der Waals surface area contributed by atoms with Crippen molar-refractivity contribution in [3.8, 4) is 0 Å². The molecule has 0 aromatic carbocycles. The van der Waals surface area contributed by atoms with E-state index in [0.29, 0.717) is 11.8 Å². The normalized spacial score (nSPS) is 35.8. The Hall–Kier alpha value is -0.300. The number of aliphatic hydroxyl groups is 1. The Bertz CT molecular complexity index is 147. The van der Waals surface area contributed by atoms with Gasteiger partial charge < -0.3 is 5.11 Å². The van der Waals surface area contributed by atoms with E-state index in [0.717, 1.165) is 6.42 Å². The molecule has 1 nitrogen and oxygen atoms in total. The molecule has 1 aliphatic rings. The van der Waals surface area contributed by atoms with Crippen molar-refractivity contribution in [2.24, 2.45) is 11.8 Å². The van der Waals surface area contributed by atoms with Gasteiger partial charge in [0.2, 0.25) is 0 Å². The van der Waals surface area contributed by atoms with Crippen LogP contribution < -0.4 is 0 Å². The second-order valence-corrected chi connectivity index (χ2v) is 3.38. The lowest BCUT2D eigenvalue weighted by atomic mass is 9.90. The summed E-state index contributed by atoms with van der Waals surface area (Å²) in [6.45, 7) is 6.22. The van der Waals surface area contributed by atoms with Crippen molar-refractivity contribution in [3.05, 3.63) is 11.6 Å². The highest BCUT2D eigenvalue weighted by atomic mass is 16.3. The van der Waals surface area contributed by atoms with Gasteiger partial charge in [0.25, 0.3) is 0 Å². The van der Waals surface area contributed by atoms with Gasteiger partial charge in [0, 0.05) is 0 Å². The topological polar surface area (TPSA) is 20.2 Å². The second kappa shape index (κ2) is 2.75. The molecule has 3 atom stereocenters. The summed E-state index contributed by atoms with van der Waals surface area (Å²) in [6.07, 6.45) is 3.15. The molecule has 0 aromatic heterocycles. The largest absolute Gasteiger partial charge is 0.393 e. The molecule has 0 radical (unpaired) electrons. The van der Waals surface area contributed by atoms with E-state index in [1.54, 1.807) is 0 Å². The minimum Gasteiger partial charge on any atom is -0.393 e. The first-order chi connectivity index (χ1) is 4.63. The molecule has 0 saturated heterocycles. The van der Waals surface area contributed by atoms with Crippen LogP contribution in [0, 0.1) is 11.8 Å². The van der Waals surface area contributed by atoms with Gasteiger partial charge in [-0.25, -0.2) is 0 Å². The van der Waals surface area contributed by atoms with Crippen LogP contribution in [0.2, 0.25) is 0 Å². The molecular formula is C9H16O. The maximum atomic E-state index is 9.31. The van der Waals surface area contributed by atoms with Gasteiger partial charge in [-0.1, -0.05) is 18.6 Å². The summed E-state index contributed by atoms with van der Waals surface area (Å²) in [6, 6.07) is 0. The van der Waals surface area contributed by atoms with E-state index in [-0.39, 0.29) is 6.10 Å². The molecule has 1 N–H and O–H groups in total. The summed E-state index contributed by atoms with van der Waals surface area (Å²) >= 11 is 0. The Labute approximate surface area is 62.8 Å². The molecule has 0 spiro atoms. The second-order valence-electron chi connectivity index (χ2n) is 3.38. The molecule has 3 unspecified atom stereocenters. The van der Waals surface area contributed by atoms with Gasteiger partial charge in [-0.2, -0.15) is 0 Å². The fraction of sp³-hybridized carbons (Fsp3) is 0.778. The number of hydrogen-bond acceptors (Lipinski definition) is 1. The first kappa shape index (κ1) is 7.80. The zero-order chi connectivity index (χ0) is 7.72. The summed E-state index contributed by atoms with van der Waals surface area (Å²) in [7, 11) is 0. The van der Waals surface area contributed by atoms with E-state index >= 15 is 0 Å². The number of aliphatic hydroxyl groups excluding tert-OH is 1. The van der Waals surface area contributed by atoms with Gasteiger partial charge in [0.15, 0.2) is 0 Å². The predicted molar refractivity (Wildman–Crippen MR) is 42.7 cm³/mol. The SMILES string of the molecule is CC1=CCC(C(C)O)C1C. The monoisotopic (exact) mass is 140 g/mol. The van der Waals surface area contributed by atoms with Gasteiger partial charge in [-0.3, -0.25) is 0 Å². The maximum absolute atomic E-state index is 9.31. The first-order valence-corrected chi connectivity index (χ1v) is 3.97. The third kappa shape index (κ3) is 1.24. The minimum absolute atomic E-state index is 0.149. The number of allylic oxidation sites excluding steroid dienone is 2. The van der Waals surface area contributed by atoms with E-state index in [1.807, 2.05) is 6.92 Å². The van der Waals surface area contributed by atoms with E-state index in [1.165, 1.54) is 5.57 Å². The summed E-state index contributed by atoms with van der Waals surface area (Å²) < 4.78 is 0. The van der Waals surface area contributed by atoms with E-state index in [9.17, 15) is 5.11 Å². The lowest BCUT2D eigenvalue weighted by Gasteiger charge is -2.19. The van der Waals surface area contributed by atoms with E-state index in [4.69, 9.17) is 0 Å². The highest BCUT2D eigenvalue weighted by Crippen LogP contribution is 2.33. The first-order valence-electron chi connectivity index (χ1n) is 3.97. The van der Waals surface area contributed by atoms with Crippen LogP contribution >= 0.6 is 0 Å². The van der Waals surface area contributed by atoms with Crippen LogP contribution in [-0.2, 0) is 0 Å². The van der Waals surface area contributed by atoms with Crippen molar-refractivity contribution in [2.45, 2.75) is 33.3 Å². The van der Waals surface area contributed by atoms with Crippen LogP contribution in [0.1, 0.15) is 27.2 Å². The molecule has 1 rings (SSSR count). The molecule has 1 aliphatic carbocycles. The number of hydrogen-bond donors (Lipinski definition) is 1. The third-order valence-electron chi connectivity index (χ3n) is 2.69. The smallest absolute Gasteiger partial charge is 0.0548 e. The Kier molecular flexibility index (Phi) is 2.14. The van der Waals surface area contributed by atoms with Crippen LogP contribution in [0.25, 0.3) is 0 Å². The average molecular weight is 140 g/mol. The Morgan fingerprint density at radius 1 is 1.70 bits per heavy atom. The summed E-state index contributed by atoms with van der Waals surface area (Å²) in [5.41, 5.74) is 1.44. The van der Waals surface area contributed by atoms with Crippen LogP contribution in [0.5, 0.6) is 0 Å². The van der Waals surface area contributed by atoms with Crippen LogP contribution in [-0.4, -0.2) is 11.2 Å². The van der Waals surface area contributed by atoms with Gasteiger partial charge in [0.1, 0.15) is 0 Å². The van der Waals surface area contributed by atoms with Crippen molar-refractivity contribution in [2.75, 3.05) is 0 Å². The highest BCUT2D eigenvalue weighted by molar-refractivity contribution is 5.12. The minimum atomic E-state index is -0.149. The number of rotatable bonds is 1. The third-order valence-corrected chi connectivity index (χ3v) is 2.69. The average Bonchev–Trinajstić information content (AvgIpc) is 2.14. The molecule has 0 amide bonds. The Morgan fingerprint density at radius 3 is 2.50 bits per heavy atom. The lowest BCUT2D eigenvalue weighted by Crippen LogP contribution is -2.20. The summed E-state index contributed by atoms with van der Waals surface area (Å²) in [4.78, 5) is 0. The van der Waals surface area contributed by atoms with Crippen LogP contribution in [0.4, 0.5) is 0 Å². The van der Waals surface area contributed by atoms with Gasteiger partial charge in [-0.15, -0.1) is 0 Å². The molecular weight excluding hydrogens is 124 g/mol. The van der Waals surface area contributed by atoms with Gasteiger partial charge in [-0.05, 0) is 32.1 Å². The van der Waals surface area contributed by atoms with Crippen LogP contribution in [0.15, 0.2) is 11.6 Å². The highest BCUT2D eigenvalue weighted by Gasteiger charge is 2.26. The fourth-order valence-corrected chi connectivity index (χ4v) is 1.66. The van der Waals surface area contributed by atoms with Crippen molar-refractivity contribution >= 4 is 0 Å². The summed E-state index contributed by atoms with van der Waals surface area (Å²) in [5, 5.41) is 9.31. The summed E-state index contributed by atoms with van der Waals surface area (Å²) in [5.74, 6) is 1.06. The van der Waals surface area contributed by atoms with Crippen molar-refractivity contribution < 1.29 is 5.11 Å². The zero-order valence-corrected chi connectivity index (χ0v) is 6.96. The lowest BCUT2D eigenvalue weighted by molar-refractivity contribution is 0.110.